The smallest absolute Gasteiger partial charge is 0.222 e. The van der Waals surface area contributed by atoms with Gasteiger partial charge in [-0.2, -0.15) is 0 Å². The van der Waals surface area contributed by atoms with Gasteiger partial charge in [0.25, 0.3) is 0 Å². The standard InChI is InChI=1S/C3H8FO2P.Al.3H/c1-2-3(4)7(5)6;;;;/h3,7H,2H2,1H3,(H,5,6);;;;. The van der Waals surface area contributed by atoms with E-state index >= 15 is 0 Å². The van der Waals surface area contributed by atoms with Crippen LogP contribution in [0.2, 0.25) is 0 Å². The van der Waals surface area contributed by atoms with Gasteiger partial charge in [-0.15, -0.1) is 0 Å². The van der Waals surface area contributed by atoms with Crippen molar-refractivity contribution in [1.82, 2.24) is 0 Å². The van der Waals surface area contributed by atoms with E-state index in [0.717, 1.165) is 0 Å². The van der Waals surface area contributed by atoms with Gasteiger partial charge in [0.15, 0.2) is 23.3 Å². The predicted octanol–water partition coefficient (Wildman–Crippen LogP) is -0.0249. The highest BCUT2D eigenvalue weighted by Gasteiger charge is 2.06. The normalized spacial score (nSPS) is 16.4. The molecule has 0 amide bonds. The van der Waals surface area contributed by atoms with E-state index in [0.29, 0.717) is 0 Å². The van der Waals surface area contributed by atoms with E-state index in [1.54, 1.807) is 0 Å². The molecule has 0 aliphatic rings. The molecule has 0 bridgehead atoms. The third-order valence-corrected chi connectivity index (χ3v) is 1.57. The van der Waals surface area contributed by atoms with Gasteiger partial charge in [0.1, 0.15) is 0 Å². The van der Waals surface area contributed by atoms with Crippen LogP contribution in [0, 0.1) is 0 Å². The highest BCUT2D eigenvalue weighted by atomic mass is 31.1. The molecule has 2 nitrogen and oxygen atoms in total. The zero-order valence-electron chi connectivity index (χ0n) is 4.02. The Balaban J connectivity index is 0. The summed E-state index contributed by atoms with van der Waals surface area (Å²) < 4.78 is 21.5. The van der Waals surface area contributed by atoms with Crippen LogP contribution in [0.3, 0.4) is 0 Å². The van der Waals surface area contributed by atoms with Gasteiger partial charge in [-0.3, -0.25) is 4.57 Å². The van der Waals surface area contributed by atoms with Gasteiger partial charge in [0.2, 0.25) is 8.03 Å². The van der Waals surface area contributed by atoms with Crippen molar-refractivity contribution < 1.29 is 13.8 Å². The van der Waals surface area contributed by atoms with E-state index in [1.165, 1.54) is 6.92 Å². The summed E-state index contributed by atoms with van der Waals surface area (Å²) in [5.74, 6) is -1.50. The maximum Gasteiger partial charge on any atom is 0.222 e. The summed E-state index contributed by atoms with van der Waals surface area (Å²) in [5, 5.41) is 0. The molecule has 0 heterocycles. The molecule has 2 unspecified atom stereocenters. The molecule has 2 atom stereocenters. The van der Waals surface area contributed by atoms with Gasteiger partial charge in [-0.05, 0) is 6.42 Å². The second kappa shape index (κ2) is 5.78. The van der Waals surface area contributed by atoms with Crippen molar-refractivity contribution in [2.45, 2.75) is 19.3 Å². The molecule has 5 heteroatoms. The zero-order chi connectivity index (χ0) is 5.86. The van der Waals surface area contributed by atoms with Crippen molar-refractivity contribution >= 4 is 25.4 Å². The molecule has 0 saturated heterocycles. The largest absolute Gasteiger partial charge is 0.344 e. The van der Waals surface area contributed by atoms with Gasteiger partial charge in [0, 0.05) is 0 Å². The summed E-state index contributed by atoms with van der Waals surface area (Å²) in [6.07, 6.45) is 0.133. The van der Waals surface area contributed by atoms with Crippen molar-refractivity contribution in [3.8, 4) is 0 Å². The fourth-order valence-electron chi connectivity index (χ4n) is 0.175. The molecule has 0 saturated carbocycles. The number of hydrogen-bond acceptors (Lipinski definition) is 1. The second-order valence-corrected chi connectivity index (χ2v) is 2.52. The van der Waals surface area contributed by atoms with Crippen LogP contribution < -0.4 is 0 Å². The maximum absolute atomic E-state index is 11.7. The SMILES string of the molecule is CCC(F)[PH](=O)O.[AlH3]. The first-order valence-electron chi connectivity index (χ1n) is 2.05. The molecule has 8 heavy (non-hydrogen) atoms. The quantitative estimate of drug-likeness (QED) is 0.450. The fourth-order valence-corrected chi connectivity index (χ4v) is 0.524. The summed E-state index contributed by atoms with van der Waals surface area (Å²) in [7, 11) is -2.88. The first-order valence-corrected chi connectivity index (χ1v) is 3.48. The number of halogens is 1. The molecule has 0 aromatic rings. The molecular formula is C3H11AlFO2P. The Kier molecular flexibility index (Phi) is 8.28. The van der Waals surface area contributed by atoms with Crippen molar-refractivity contribution in [3.63, 3.8) is 0 Å². The van der Waals surface area contributed by atoms with E-state index in [4.69, 9.17) is 4.89 Å². The lowest BCUT2D eigenvalue weighted by molar-refractivity contribution is 0.379. The van der Waals surface area contributed by atoms with Crippen LogP contribution in [-0.2, 0) is 4.57 Å². The molecule has 1 N–H and O–H groups in total. The minimum absolute atomic E-state index is 0. The Morgan fingerprint density at radius 1 is 1.88 bits per heavy atom. The average molecular weight is 156 g/mol. The van der Waals surface area contributed by atoms with Crippen molar-refractivity contribution in [2.75, 3.05) is 0 Å². The summed E-state index contributed by atoms with van der Waals surface area (Å²) in [4.78, 5) is 7.99. The van der Waals surface area contributed by atoms with Crippen LogP contribution in [0.25, 0.3) is 0 Å². The van der Waals surface area contributed by atoms with Gasteiger partial charge < -0.3 is 4.89 Å². The minimum atomic E-state index is -2.88. The topological polar surface area (TPSA) is 37.3 Å². The molecule has 0 aliphatic heterocycles. The molecule has 0 aliphatic carbocycles. The van der Waals surface area contributed by atoms with Crippen LogP contribution in [-0.4, -0.2) is 28.2 Å². The summed E-state index contributed by atoms with van der Waals surface area (Å²) in [6.45, 7) is 1.53. The number of alkyl halides is 1. The molecule has 0 fully saturated rings. The summed E-state index contributed by atoms with van der Waals surface area (Å²) >= 11 is 0. The van der Waals surface area contributed by atoms with Crippen molar-refractivity contribution in [1.29, 1.82) is 0 Å². The van der Waals surface area contributed by atoms with E-state index in [2.05, 4.69) is 0 Å². The molecule has 50 valence electrons. The molecule has 0 rings (SSSR count). The second-order valence-electron chi connectivity index (χ2n) is 1.21. The number of rotatable bonds is 2. The van der Waals surface area contributed by atoms with Crippen LogP contribution in [0.15, 0.2) is 0 Å². The van der Waals surface area contributed by atoms with Crippen LogP contribution in [0.5, 0.6) is 0 Å². The van der Waals surface area contributed by atoms with Crippen LogP contribution in [0.4, 0.5) is 4.39 Å². The molecule has 0 aromatic carbocycles. The van der Waals surface area contributed by atoms with Gasteiger partial charge >= 0.3 is 0 Å². The molecule has 0 radical (unpaired) electrons. The summed E-state index contributed by atoms with van der Waals surface area (Å²) in [6, 6.07) is 0. The fraction of sp³-hybridized carbons (Fsp3) is 1.00. The number of hydrogen-bond donors (Lipinski definition) is 1. The van der Waals surface area contributed by atoms with E-state index in [9.17, 15) is 8.96 Å². The Labute approximate surface area is 59.1 Å². The van der Waals surface area contributed by atoms with E-state index < -0.39 is 13.9 Å². The maximum atomic E-state index is 11.7. The monoisotopic (exact) mass is 156 g/mol. The lowest BCUT2D eigenvalue weighted by Crippen LogP contribution is -1.86. The Morgan fingerprint density at radius 3 is 2.25 bits per heavy atom. The van der Waals surface area contributed by atoms with Gasteiger partial charge in [-0.1, -0.05) is 6.92 Å². The lowest BCUT2D eigenvalue weighted by Gasteiger charge is -1.94. The van der Waals surface area contributed by atoms with Crippen molar-refractivity contribution in [2.24, 2.45) is 0 Å². The third kappa shape index (κ3) is 4.80. The Bertz CT molecular complexity index is 79.7. The molecular weight excluding hydrogens is 145 g/mol. The van der Waals surface area contributed by atoms with Crippen LogP contribution in [0.1, 0.15) is 13.3 Å². The Morgan fingerprint density at radius 2 is 2.25 bits per heavy atom. The van der Waals surface area contributed by atoms with E-state index in [1.807, 2.05) is 0 Å². The van der Waals surface area contributed by atoms with Crippen LogP contribution >= 0.6 is 8.03 Å². The van der Waals surface area contributed by atoms with E-state index in [-0.39, 0.29) is 23.8 Å². The van der Waals surface area contributed by atoms with Gasteiger partial charge in [-0.25, -0.2) is 4.39 Å². The van der Waals surface area contributed by atoms with Crippen molar-refractivity contribution in [3.05, 3.63) is 0 Å². The zero-order valence-corrected chi connectivity index (χ0v) is 5.02. The highest BCUT2D eigenvalue weighted by molar-refractivity contribution is 7.38. The minimum Gasteiger partial charge on any atom is -0.344 e. The molecule has 0 spiro atoms. The average Bonchev–Trinajstić information content (AvgIpc) is 1.65. The first-order chi connectivity index (χ1) is 3.18. The Hall–Kier alpha value is 0.652. The highest BCUT2D eigenvalue weighted by Crippen LogP contribution is 2.25. The third-order valence-electron chi connectivity index (χ3n) is 0.626. The van der Waals surface area contributed by atoms with Gasteiger partial charge in [0.05, 0.1) is 0 Å². The predicted molar refractivity (Wildman–Crippen MR) is 36.3 cm³/mol. The lowest BCUT2D eigenvalue weighted by atomic mass is 10.6. The summed E-state index contributed by atoms with van der Waals surface area (Å²) in [5.41, 5.74) is 0. The first kappa shape index (κ1) is 11.4. The molecule has 0 aromatic heterocycles.